The highest BCUT2D eigenvalue weighted by Gasteiger charge is 2.23. The summed E-state index contributed by atoms with van der Waals surface area (Å²) in [6.07, 6.45) is 0.843. The molecule has 116 valence electrons. The Morgan fingerprint density at radius 3 is 2.41 bits per heavy atom. The third-order valence-electron chi connectivity index (χ3n) is 3.58. The lowest BCUT2D eigenvalue weighted by Crippen LogP contribution is -2.38. The van der Waals surface area contributed by atoms with Crippen LogP contribution in [0.1, 0.15) is 24.5 Å². The van der Waals surface area contributed by atoms with Gasteiger partial charge in [0.1, 0.15) is 11.4 Å². The van der Waals surface area contributed by atoms with Crippen LogP contribution in [0.3, 0.4) is 0 Å². The van der Waals surface area contributed by atoms with E-state index in [0.717, 1.165) is 11.1 Å². The van der Waals surface area contributed by atoms with Crippen LogP contribution in [0.2, 0.25) is 0 Å². The molecule has 0 radical (unpaired) electrons. The molecular weight excluding hydrogens is 281 g/mol. The normalized spacial score (nSPS) is 13.4. The maximum Gasteiger partial charge on any atom is 0.220 e. The van der Waals surface area contributed by atoms with Crippen LogP contribution in [0.15, 0.2) is 54.6 Å². The average molecular weight is 301 g/mol. The first-order valence-electron chi connectivity index (χ1n) is 7.26. The maximum atomic E-state index is 12.8. The van der Waals surface area contributed by atoms with E-state index in [1.165, 1.54) is 12.1 Å². The molecule has 0 heterocycles. The first-order chi connectivity index (χ1) is 10.5. The van der Waals surface area contributed by atoms with Crippen LogP contribution < -0.4 is 5.32 Å². The summed E-state index contributed by atoms with van der Waals surface area (Å²) in [7, 11) is 0. The van der Waals surface area contributed by atoms with Gasteiger partial charge in [-0.1, -0.05) is 42.5 Å². The Balaban J connectivity index is 1.81. The molecule has 0 aliphatic rings. The molecule has 0 fully saturated rings. The number of aliphatic hydroxyl groups is 1. The molecule has 22 heavy (non-hydrogen) atoms. The largest absolute Gasteiger partial charge is 0.384 e. The molecule has 2 aromatic rings. The van der Waals surface area contributed by atoms with Crippen LogP contribution >= 0.6 is 0 Å². The number of rotatable bonds is 6. The SMILES string of the molecule is CC(O)(CNC(=O)CCc1ccc(F)cc1)c1ccccc1. The minimum absolute atomic E-state index is 0.138. The van der Waals surface area contributed by atoms with Gasteiger partial charge >= 0.3 is 0 Å². The van der Waals surface area contributed by atoms with Crippen molar-refractivity contribution in [3.05, 3.63) is 71.5 Å². The lowest BCUT2D eigenvalue weighted by atomic mass is 9.96. The molecule has 2 N–H and O–H groups in total. The highest BCUT2D eigenvalue weighted by molar-refractivity contribution is 5.76. The third-order valence-corrected chi connectivity index (χ3v) is 3.58. The topological polar surface area (TPSA) is 49.3 Å². The quantitative estimate of drug-likeness (QED) is 0.862. The fraction of sp³-hybridized carbons (Fsp3) is 0.278. The lowest BCUT2D eigenvalue weighted by molar-refractivity contribution is -0.122. The molecule has 0 aromatic heterocycles. The Morgan fingerprint density at radius 2 is 1.77 bits per heavy atom. The van der Waals surface area contributed by atoms with Crippen molar-refractivity contribution in [3.63, 3.8) is 0 Å². The number of carbonyl (C=O) groups is 1. The lowest BCUT2D eigenvalue weighted by Gasteiger charge is -2.24. The van der Waals surface area contributed by atoms with Gasteiger partial charge in [0.05, 0.1) is 6.54 Å². The first kappa shape index (κ1) is 16.2. The van der Waals surface area contributed by atoms with E-state index in [1.54, 1.807) is 19.1 Å². The van der Waals surface area contributed by atoms with Crippen molar-refractivity contribution in [1.29, 1.82) is 0 Å². The summed E-state index contributed by atoms with van der Waals surface area (Å²) in [6.45, 7) is 1.82. The standard InChI is InChI=1S/C18H20FNO2/c1-18(22,15-5-3-2-4-6-15)13-20-17(21)12-9-14-7-10-16(19)11-8-14/h2-8,10-11,22H,9,12-13H2,1H3,(H,20,21). The second-order valence-corrected chi connectivity index (χ2v) is 5.54. The van der Waals surface area contributed by atoms with Crippen LogP contribution in [-0.4, -0.2) is 17.6 Å². The second kappa shape index (κ2) is 7.18. The van der Waals surface area contributed by atoms with Crippen LogP contribution in [0.4, 0.5) is 4.39 Å². The number of aryl methyl sites for hydroxylation is 1. The van der Waals surface area contributed by atoms with Gasteiger partial charge in [0.2, 0.25) is 5.91 Å². The van der Waals surface area contributed by atoms with Crippen molar-refractivity contribution in [1.82, 2.24) is 5.32 Å². The van der Waals surface area contributed by atoms with E-state index in [2.05, 4.69) is 5.32 Å². The van der Waals surface area contributed by atoms with Crippen LogP contribution in [0.5, 0.6) is 0 Å². The Labute approximate surface area is 129 Å². The van der Waals surface area contributed by atoms with Gasteiger partial charge < -0.3 is 10.4 Å². The zero-order valence-corrected chi connectivity index (χ0v) is 12.6. The summed E-state index contributed by atoms with van der Waals surface area (Å²) in [5.41, 5.74) is 0.562. The fourth-order valence-corrected chi connectivity index (χ4v) is 2.17. The Bertz CT molecular complexity index is 609. The first-order valence-corrected chi connectivity index (χ1v) is 7.26. The van der Waals surface area contributed by atoms with Gasteiger partial charge in [0, 0.05) is 6.42 Å². The number of amides is 1. The summed E-state index contributed by atoms with van der Waals surface area (Å²) >= 11 is 0. The molecule has 0 saturated carbocycles. The highest BCUT2D eigenvalue weighted by atomic mass is 19.1. The summed E-state index contributed by atoms with van der Waals surface area (Å²) in [5, 5.41) is 13.1. The highest BCUT2D eigenvalue weighted by Crippen LogP contribution is 2.18. The Kier molecular flexibility index (Phi) is 5.28. The summed E-state index contributed by atoms with van der Waals surface area (Å²) in [5.74, 6) is -0.423. The number of hydrogen-bond donors (Lipinski definition) is 2. The number of benzene rings is 2. The zero-order chi connectivity index (χ0) is 16.0. The van der Waals surface area contributed by atoms with Gasteiger partial charge in [-0.2, -0.15) is 0 Å². The van der Waals surface area contributed by atoms with E-state index in [4.69, 9.17) is 0 Å². The number of halogens is 1. The van der Waals surface area contributed by atoms with E-state index in [-0.39, 0.29) is 18.3 Å². The number of nitrogens with one attached hydrogen (secondary N) is 1. The molecule has 0 spiro atoms. The molecule has 0 aliphatic carbocycles. The monoisotopic (exact) mass is 301 g/mol. The van der Waals surface area contributed by atoms with E-state index in [1.807, 2.05) is 30.3 Å². The van der Waals surface area contributed by atoms with Crippen molar-refractivity contribution in [2.24, 2.45) is 0 Å². The Hall–Kier alpha value is -2.20. The summed E-state index contributed by atoms with van der Waals surface area (Å²) < 4.78 is 12.8. The van der Waals surface area contributed by atoms with Gasteiger partial charge in [0.15, 0.2) is 0 Å². The zero-order valence-electron chi connectivity index (χ0n) is 12.6. The number of carbonyl (C=O) groups excluding carboxylic acids is 1. The van der Waals surface area contributed by atoms with Gasteiger partial charge in [-0.15, -0.1) is 0 Å². The predicted octanol–water partition coefficient (Wildman–Crippen LogP) is 2.78. The van der Waals surface area contributed by atoms with Crippen LogP contribution in [0.25, 0.3) is 0 Å². The van der Waals surface area contributed by atoms with Gasteiger partial charge in [-0.3, -0.25) is 4.79 Å². The van der Waals surface area contributed by atoms with Crippen LogP contribution in [0, 0.1) is 5.82 Å². The minimum Gasteiger partial charge on any atom is -0.384 e. The van der Waals surface area contributed by atoms with Crippen molar-refractivity contribution in [3.8, 4) is 0 Å². The molecule has 1 amide bonds. The van der Waals surface area contributed by atoms with Gasteiger partial charge in [-0.25, -0.2) is 4.39 Å². The molecule has 4 heteroatoms. The summed E-state index contributed by atoms with van der Waals surface area (Å²) in [6, 6.07) is 15.3. The van der Waals surface area contributed by atoms with Crippen molar-refractivity contribution in [2.75, 3.05) is 6.54 Å². The van der Waals surface area contributed by atoms with Gasteiger partial charge in [0.25, 0.3) is 0 Å². The van der Waals surface area contributed by atoms with Crippen molar-refractivity contribution in [2.45, 2.75) is 25.4 Å². The van der Waals surface area contributed by atoms with E-state index < -0.39 is 5.60 Å². The Morgan fingerprint density at radius 1 is 1.14 bits per heavy atom. The van der Waals surface area contributed by atoms with E-state index >= 15 is 0 Å². The van der Waals surface area contributed by atoms with Gasteiger partial charge in [-0.05, 0) is 36.6 Å². The van der Waals surface area contributed by atoms with E-state index in [9.17, 15) is 14.3 Å². The fourth-order valence-electron chi connectivity index (χ4n) is 2.17. The molecule has 0 saturated heterocycles. The van der Waals surface area contributed by atoms with E-state index in [0.29, 0.717) is 12.8 Å². The van der Waals surface area contributed by atoms with Crippen molar-refractivity contribution >= 4 is 5.91 Å². The molecule has 3 nitrogen and oxygen atoms in total. The van der Waals surface area contributed by atoms with Crippen molar-refractivity contribution < 1.29 is 14.3 Å². The molecular formula is C18H20FNO2. The minimum atomic E-state index is -1.10. The van der Waals surface area contributed by atoms with Crippen LogP contribution in [-0.2, 0) is 16.8 Å². The number of hydrogen-bond acceptors (Lipinski definition) is 2. The molecule has 1 atom stereocenters. The second-order valence-electron chi connectivity index (χ2n) is 5.54. The average Bonchev–Trinajstić information content (AvgIpc) is 2.53. The molecule has 0 aliphatic heterocycles. The summed E-state index contributed by atoms with van der Waals surface area (Å²) in [4.78, 5) is 11.9. The smallest absolute Gasteiger partial charge is 0.220 e. The molecule has 2 aromatic carbocycles. The molecule has 0 bridgehead atoms. The predicted molar refractivity (Wildman–Crippen MR) is 83.7 cm³/mol. The third kappa shape index (κ3) is 4.67. The maximum absolute atomic E-state index is 12.8. The molecule has 2 rings (SSSR count). The molecule has 1 unspecified atom stereocenters.